The van der Waals surface area contributed by atoms with Gasteiger partial charge in [0, 0.05) is 31.5 Å². The van der Waals surface area contributed by atoms with Crippen LogP contribution < -0.4 is 10.6 Å². The Morgan fingerprint density at radius 1 is 1.26 bits per heavy atom. The monoisotopic (exact) mass is 484 g/mol. The van der Waals surface area contributed by atoms with Crippen molar-refractivity contribution in [2.45, 2.75) is 51.1 Å². The lowest BCUT2D eigenvalue weighted by Gasteiger charge is -2.19. The number of aliphatic imine (C=N–C) groups is 1. The zero-order chi connectivity index (χ0) is 18.0. The fraction of sp³-hybridized carbons (Fsp3) is 0.526. The third-order valence-electron chi connectivity index (χ3n) is 5.30. The number of fused-ring (bicyclic) bond motifs is 1. The second-order valence-corrected chi connectivity index (χ2v) is 7.10. The predicted molar refractivity (Wildman–Crippen MR) is 114 cm³/mol. The molecule has 2 aromatic rings. The molecule has 0 saturated heterocycles. The molecule has 0 bridgehead atoms. The van der Waals surface area contributed by atoms with Gasteiger partial charge < -0.3 is 15.2 Å². The number of nitrogens with one attached hydrogen (secondary N) is 2. The largest absolute Gasteiger partial charge is 0.357 e. The number of benzene rings is 1. The molecule has 2 heterocycles. The van der Waals surface area contributed by atoms with Crippen molar-refractivity contribution in [3.8, 4) is 0 Å². The van der Waals surface area contributed by atoms with Crippen molar-refractivity contribution in [3.05, 3.63) is 47.3 Å². The van der Waals surface area contributed by atoms with Crippen LogP contribution in [0.4, 0.5) is 4.39 Å². The van der Waals surface area contributed by atoms with E-state index in [9.17, 15) is 4.39 Å². The van der Waals surface area contributed by atoms with Crippen LogP contribution in [0.2, 0.25) is 0 Å². The van der Waals surface area contributed by atoms with Crippen LogP contribution in [0, 0.1) is 5.82 Å². The van der Waals surface area contributed by atoms with Gasteiger partial charge in [0.15, 0.2) is 11.8 Å². The van der Waals surface area contributed by atoms with Gasteiger partial charge in [-0.25, -0.2) is 9.38 Å². The van der Waals surface area contributed by atoms with E-state index in [1.807, 2.05) is 19.1 Å². The highest BCUT2D eigenvalue weighted by Gasteiger charge is 2.45. The number of hydrogen-bond donors (Lipinski definition) is 2. The lowest BCUT2D eigenvalue weighted by Crippen LogP contribution is -2.41. The zero-order valence-corrected chi connectivity index (χ0v) is 17.9. The molecule has 146 valence electrons. The number of aromatic nitrogens is 3. The summed E-state index contributed by atoms with van der Waals surface area (Å²) in [6, 6.07) is 7.09. The van der Waals surface area contributed by atoms with Gasteiger partial charge >= 0.3 is 0 Å². The molecule has 0 amide bonds. The first-order valence-corrected chi connectivity index (χ1v) is 9.40. The Kier molecular flexibility index (Phi) is 6.33. The SMILES string of the molecule is CCNC(=NCc1nnc2n1CCC2)NCC1(c2ccccc2F)CC1.I. The highest BCUT2D eigenvalue weighted by Crippen LogP contribution is 2.48. The third-order valence-corrected chi connectivity index (χ3v) is 5.30. The standard InChI is InChI=1S/C19H25FN6.HI/c1-2-21-18(22-12-17-25-24-16-8-5-11-26(16)17)23-13-19(9-10-19)14-6-3-4-7-15(14)20;/h3-4,6-7H,2,5,8-13H2,1H3,(H2,21,22,23);1H. The zero-order valence-electron chi connectivity index (χ0n) is 15.5. The highest BCUT2D eigenvalue weighted by molar-refractivity contribution is 14.0. The van der Waals surface area contributed by atoms with Crippen LogP contribution in [-0.2, 0) is 24.9 Å². The van der Waals surface area contributed by atoms with Crippen LogP contribution in [0.1, 0.15) is 43.4 Å². The molecule has 0 unspecified atom stereocenters. The van der Waals surface area contributed by atoms with E-state index in [0.29, 0.717) is 13.1 Å². The molecule has 8 heteroatoms. The van der Waals surface area contributed by atoms with E-state index in [-0.39, 0.29) is 35.2 Å². The lowest BCUT2D eigenvalue weighted by atomic mass is 9.95. The van der Waals surface area contributed by atoms with E-state index in [4.69, 9.17) is 0 Å². The minimum Gasteiger partial charge on any atom is -0.357 e. The molecule has 1 aliphatic carbocycles. The Morgan fingerprint density at radius 3 is 2.81 bits per heavy atom. The summed E-state index contributed by atoms with van der Waals surface area (Å²) in [6.07, 6.45) is 4.13. The molecule has 0 radical (unpaired) electrons. The van der Waals surface area contributed by atoms with Crippen LogP contribution in [0.5, 0.6) is 0 Å². The van der Waals surface area contributed by atoms with E-state index < -0.39 is 0 Å². The minimum atomic E-state index is -0.118. The van der Waals surface area contributed by atoms with E-state index >= 15 is 0 Å². The van der Waals surface area contributed by atoms with E-state index in [1.54, 1.807) is 12.1 Å². The van der Waals surface area contributed by atoms with Gasteiger partial charge in [-0.2, -0.15) is 0 Å². The van der Waals surface area contributed by atoms with Gasteiger partial charge in [-0.15, -0.1) is 34.2 Å². The maximum absolute atomic E-state index is 14.2. The Bertz CT molecular complexity index is 814. The third kappa shape index (κ3) is 4.25. The summed E-state index contributed by atoms with van der Waals surface area (Å²) in [6.45, 7) is 4.96. The number of aryl methyl sites for hydroxylation is 1. The molecule has 2 aliphatic rings. The van der Waals surface area contributed by atoms with E-state index in [0.717, 1.165) is 61.9 Å². The highest BCUT2D eigenvalue weighted by atomic mass is 127. The molecular formula is C19H26FIN6. The molecule has 6 nitrogen and oxygen atoms in total. The van der Waals surface area contributed by atoms with Crippen LogP contribution in [0.15, 0.2) is 29.3 Å². The number of hydrogen-bond acceptors (Lipinski definition) is 3. The Labute approximate surface area is 176 Å². The summed E-state index contributed by atoms with van der Waals surface area (Å²) < 4.78 is 16.3. The quantitative estimate of drug-likeness (QED) is 0.376. The van der Waals surface area contributed by atoms with Crippen molar-refractivity contribution in [2.24, 2.45) is 4.99 Å². The topological polar surface area (TPSA) is 67.1 Å². The van der Waals surface area contributed by atoms with E-state index in [2.05, 4.69) is 30.4 Å². The molecule has 2 N–H and O–H groups in total. The van der Waals surface area contributed by atoms with Crippen molar-refractivity contribution in [1.82, 2.24) is 25.4 Å². The van der Waals surface area contributed by atoms with Gasteiger partial charge in [-0.05, 0) is 37.8 Å². The maximum atomic E-state index is 14.2. The summed E-state index contributed by atoms with van der Waals surface area (Å²) >= 11 is 0. The molecule has 0 atom stereocenters. The van der Waals surface area contributed by atoms with Gasteiger partial charge in [0.05, 0.1) is 0 Å². The molecule has 1 aromatic carbocycles. The summed E-state index contributed by atoms with van der Waals surface area (Å²) in [5, 5.41) is 15.1. The minimum absolute atomic E-state index is 0. The fourth-order valence-electron chi connectivity index (χ4n) is 3.66. The smallest absolute Gasteiger partial charge is 0.191 e. The van der Waals surface area contributed by atoms with Crippen molar-refractivity contribution in [3.63, 3.8) is 0 Å². The van der Waals surface area contributed by atoms with Gasteiger partial charge in [0.1, 0.15) is 18.2 Å². The van der Waals surface area contributed by atoms with Crippen LogP contribution in [0.3, 0.4) is 0 Å². The average Bonchev–Trinajstić information content (AvgIpc) is 3.10. The first-order valence-electron chi connectivity index (χ1n) is 9.40. The normalized spacial score (nSPS) is 17.2. The van der Waals surface area contributed by atoms with Gasteiger partial charge in [0.25, 0.3) is 0 Å². The summed E-state index contributed by atoms with van der Waals surface area (Å²) in [5.41, 5.74) is 0.691. The number of rotatable bonds is 6. The maximum Gasteiger partial charge on any atom is 0.191 e. The van der Waals surface area contributed by atoms with Gasteiger partial charge in [-0.3, -0.25) is 0 Å². The van der Waals surface area contributed by atoms with Crippen LogP contribution in [0.25, 0.3) is 0 Å². The fourth-order valence-corrected chi connectivity index (χ4v) is 3.66. The molecule has 1 fully saturated rings. The molecule has 27 heavy (non-hydrogen) atoms. The Hall–Kier alpha value is -1.71. The second-order valence-electron chi connectivity index (χ2n) is 7.10. The van der Waals surface area contributed by atoms with Gasteiger partial charge in [0.2, 0.25) is 0 Å². The predicted octanol–water partition coefficient (Wildman–Crippen LogP) is 2.77. The van der Waals surface area contributed by atoms with Crippen molar-refractivity contribution >= 4 is 29.9 Å². The molecule has 1 aliphatic heterocycles. The van der Waals surface area contributed by atoms with Gasteiger partial charge in [-0.1, -0.05) is 18.2 Å². The Balaban J connectivity index is 0.00000210. The second kappa shape index (κ2) is 8.53. The van der Waals surface area contributed by atoms with Crippen molar-refractivity contribution in [1.29, 1.82) is 0 Å². The molecule has 0 spiro atoms. The number of guanidine groups is 1. The summed E-state index contributed by atoms with van der Waals surface area (Å²) in [7, 11) is 0. The lowest BCUT2D eigenvalue weighted by molar-refractivity contribution is 0.559. The summed E-state index contributed by atoms with van der Waals surface area (Å²) in [4.78, 5) is 4.66. The summed E-state index contributed by atoms with van der Waals surface area (Å²) in [5.74, 6) is 2.59. The molecular weight excluding hydrogens is 458 g/mol. The van der Waals surface area contributed by atoms with Crippen molar-refractivity contribution < 1.29 is 4.39 Å². The average molecular weight is 484 g/mol. The number of halogens is 2. The van der Waals surface area contributed by atoms with E-state index in [1.165, 1.54) is 0 Å². The molecule has 4 rings (SSSR count). The molecule has 1 aromatic heterocycles. The molecule has 1 saturated carbocycles. The first kappa shape index (κ1) is 20.0. The van der Waals surface area contributed by atoms with Crippen molar-refractivity contribution in [2.75, 3.05) is 13.1 Å². The first-order chi connectivity index (χ1) is 12.7. The Morgan fingerprint density at radius 2 is 2.07 bits per heavy atom. The number of nitrogens with zero attached hydrogens (tertiary/aromatic N) is 4. The van der Waals surface area contributed by atoms with Crippen LogP contribution in [-0.4, -0.2) is 33.8 Å². The van der Waals surface area contributed by atoms with Crippen LogP contribution >= 0.6 is 24.0 Å².